The van der Waals surface area contributed by atoms with Crippen LogP contribution < -0.4 is 0 Å². The summed E-state index contributed by atoms with van der Waals surface area (Å²) in [5.74, 6) is -1.66. The van der Waals surface area contributed by atoms with E-state index in [-0.39, 0.29) is 30.7 Å². The van der Waals surface area contributed by atoms with Crippen LogP contribution in [0.4, 0.5) is 0 Å². The molecule has 82 valence electrons. The molecule has 0 aromatic rings. The summed E-state index contributed by atoms with van der Waals surface area (Å²) in [6, 6.07) is 0. The highest BCUT2D eigenvalue weighted by Crippen LogP contribution is 2.47. The van der Waals surface area contributed by atoms with Gasteiger partial charge in [-0.3, -0.25) is 19.3 Å². The summed E-state index contributed by atoms with van der Waals surface area (Å²) >= 11 is 0. The lowest BCUT2D eigenvalue weighted by Crippen LogP contribution is -2.38. The van der Waals surface area contributed by atoms with Crippen LogP contribution in [0.15, 0.2) is 0 Å². The Morgan fingerprint density at radius 3 is 2.47 bits per heavy atom. The lowest BCUT2D eigenvalue weighted by atomic mass is 10.1. The van der Waals surface area contributed by atoms with Crippen LogP contribution in [0.3, 0.4) is 0 Å². The molecular weight excluding hydrogens is 198 g/mol. The van der Waals surface area contributed by atoms with Crippen LogP contribution in [0.25, 0.3) is 0 Å². The molecule has 1 aliphatic carbocycles. The molecule has 1 saturated heterocycles. The zero-order chi connectivity index (χ0) is 11.2. The Morgan fingerprint density at radius 1 is 1.53 bits per heavy atom. The predicted molar refractivity (Wildman–Crippen MR) is 49.8 cm³/mol. The molecular formula is C10H13NO4. The second-order valence-corrected chi connectivity index (χ2v) is 4.51. The molecule has 0 aromatic carbocycles. The van der Waals surface area contributed by atoms with E-state index in [1.54, 1.807) is 6.92 Å². The van der Waals surface area contributed by atoms with E-state index < -0.39 is 11.4 Å². The van der Waals surface area contributed by atoms with Gasteiger partial charge in [0.05, 0.1) is 5.41 Å². The fraction of sp³-hybridized carbons (Fsp3) is 0.700. The fourth-order valence-electron chi connectivity index (χ4n) is 1.91. The van der Waals surface area contributed by atoms with Gasteiger partial charge in [0.25, 0.3) is 0 Å². The van der Waals surface area contributed by atoms with Crippen LogP contribution in [-0.4, -0.2) is 34.3 Å². The molecule has 2 fully saturated rings. The van der Waals surface area contributed by atoms with Gasteiger partial charge in [-0.1, -0.05) is 6.92 Å². The molecule has 5 heteroatoms. The Kier molecular flexibility index (Phi) is 2.06. The van der Waals surface area contributed by atoms with E-state index in [0.29, 0.717) is 12.8 Å². The summed E-state index contributed by atoms with van der Waals surface area (Å²) < 4.78 is 0. The van der Waals surface area contributed by atoms with Crippen molar-refractivity contribution in [2.75, 3.05) is 6.54 Å². The van der Waals surface area contributed by atoms with Crippen molar-refractivity contribution in [3.05, 3.63) is 0 Å². The van der Waals surface area contributed by atoms with E-state index in [9.17, 15) is 14.4 Å². The van der Waals surface area contributed by atoms with Gasteiger partial charge in [-0.25, -0.2) is 0 Å². The summed E-state index contributed by atoms with van der Waals surface area (Å²) in [6.07, 6.45) is 1.34. The first-order chi connectivity index (χ1) is 6.96. The standard InChI is InChI=1S/C10H13NO4/c1-6-4-7(12)11(8(6)13)5-10(2-3-10)9(14)15/h6H,2-5H2,1H3,(H,14,15). The number of nitrogens with zero attached hydrogens (tertiary/aromatic N) is 1. The van der Waals surface area contributed by atoms with Crippen molar-refractivity contribution in [1.29, 1.82) is 0 Å². The molecule has 1 aliphatic heterocycles. The maximum absolute atomic E-state index is 11.6. The van der Waals surface area contributed by atoms with E-state index in [4.69, 9.17) is 5.11 Å². The number of hydrogen-bond donors (Lipinski definition) is 1. The lowest BCUT2D eigenvalue weighted by Gasteiger charge is -2.18. The Morgan fingerprint density at radius 2 is 2.13 bits per heavy atom. The van der Waals surface area contributed by atoms with Gasteiger partial charge < -0.3 is 5.11 Å². The molecule has 1 unspecified atom stereocenters. The van der Waals surface area contributed by atoms with Crippen LogP contribution >= 0.6 is 0 Å². The lowest BCUT2D eigenvalue weighted by molar-refractivity contribution is -0.147. The first kappa shape index (κ1) is 10.1. The number of amides is 2. The minimum atomic E-state index is -0.900. The number of carboxylic acid groups (broad SMARTS) is 1. The van der Waals surface area contributed by atoms with Gasteiger partial charge in [0, 0.05) is 18.9 Å². The monoisotopic (exact) mass is 211 g/mol. The molecule has 1 N–H and O–H groups in total. The minimum Gasteiger partial charge on any atom is -0.481 e. The zero-order valence-electron chi connectivity index (χ0n) is 8.52. The maximum atomic E-state index is 11.6. The Bertz CT molecular complexity index is 345. The van der Waals surface area contributed by atoms with Crippen molar-refractivity contribution in [2.45, 2.75) is 26.2 Å². The average Bonchev–Trinajstić information content (AvgIpc) is 2.89. The first-order valence-electron chi connectivity index (χ1n) is 5.04. The van der Waals surface area contributed by atoms with Crippen molar-refractivity contribution in [2.24, 2.45) is 11.3 Å². The summed E-state index contributed by atoms with van der Waals surface area (Å²) in [6.45, 7) is 1.75. The fourth-order valence-corrected chi connectivity index (χ4v) is 1.91. The van der Waals surface area contributed by atoms with Crippen molar-refractivity contribution in [3.8, 4) is 0 Å². The van der Waals surface area contributed by atoms with Gasteiger partial charge in [0.1, 0.15) is 0 Å². The van der Waals surface area contributed by atoms with Gasteiger partial charge in [-0.05, 0) is 12.8 Å². The highest BCUT2D eigenvalue weighted by Gasteiger charge is 2.54. The number of hydrogen-bond acceptors (Lipinski definition) is 3. The molecule has 2 amide bonds. The van der Waals surface area contributed by atoms with E-state index in [1.165, 1.54) is 0 Å². The molecule has 0 aromatic heterocycles. The second kappa shape index (κ2) is 3.05. The number of carbonyl (C=O) groups is 3. The summed E-state index contributed by atoms with van der Waals surface area (Å²) in [5, 5.41) is 8.95. The number of likely N-dealkylation sites (tertiary alicyclic amines) is 1. The summed E-state index contributed by atoms with van der Waals surface area (Å²) in [5.41, 5.74) is -0.838. The van der Waals surface area contributed by atoms with E-state index in [1.807, 2.05) is 0 Å². The molecule has 5 nitrogen and oxygen atoms in total. The Balaban J connectivity index is 2.10. The topological polar surface area (TPSA) is 74.7 Å². The molecule has 0 spiro atoms. The largest absolute Gasteiger partial charge is 0.481 e. The zero-order valence-corrected chi connectivity index (χ0v) is 8.52. The molecule has 1 saturated carbocycles. The van der Waals surface area contributed by atoms with Crippen LogP contribution in [0, 0.1) is 11.3 Å². The van der Waals surface area contributed by atoms with E-state index in [2.05, 4.69) is 0 Å². The smallest absolute Gasteiger partial charge is 0.311 e. The van der Waals surface area contributed by atoms with Crippen LogP contribution in [0.2, 0.25) is 0 Å². The SMILES string of the molecule is CC1CC(=O)N(CC2(C(=O)O)CC2)C1=O. The quantitative estimate of drug-likeness (QED) is 0.679. The van der Waals surface area contributed by atoms with Gasteiger partial charge >= 0.3 is 5.97 Å². The number of imide groups is 1. The Labute approximate surface area is 87.1 Å². The third kappa shape index (κ3) is 1.52. The third-order valence-electron chi connectivity index (χ3n) is 3.24. The average molecular weight is 211 g/mol. The van der Waals surface area contributed by atoms with Crippen molar-refractivity contribution in [3.63, 3.8) is 0 Å². The van der Waals surface area contributed by atoms with E-state index >= 15 is 0 Å². The highest BCUT2D eigenvalue weighted by atomic mass is 16.4. The van der Waals surface area contributed by atoms with Gasteiger partial charge in [0.2, 0.25) is 11.8 Å². The van der Waals surface area contributed by atoms with Crippen LogP contribution in [0.1, 0.15) is 26.2 Å². The Hall–Kier alpha value is -1.39. The summed E-state index contributed by atoms with van der Waals surface area (Å²) in [7, 11) is 0. The summed E-state index contributed by atoms with van der Waals surface area (Å²) in [4.78, 5) is 35.0. The predicted octanol–water partition coefficient (Wildman–Crippen LogP) is 0.246. The van der Waals surface area contributed by atoms with Gasteiger partial charge in [-0.15, -0.1) is 0 Å². The van der Waals surface area contributed by atoms with Gasteiger partial charge in [0.15, 0.2) is 0 Å². The number of carbonyl (C=O) groups excluding carboxylic acids is 2. The minimum absolute atomic E-state index is 0.0599. The van der Waals surface area contributed by atoms with Crippen molar-refractivity contribution >= 4 is 17.8 Å². The molecule has 0 radical (unpaired) electrons. The van der Waals surface area contributed by atoms with Crippen molar-refractivity contribution in [1.82, 2.24) is 4.90 Å². The van der Waals surface area contributed by atoms with Crippen LogP contribution in [0.5, 0.6) is 0 Å². The number of carboxylic acids is 1. The van der Waals surface area contributed by atoms with Crippen LogP contribution in [-0.2, 0) is 14.4 Å². The molecule has 15 heavy (non-hydrogen) atoms. The molecule has 1 heterocycles. The first-order valence-corrected chi connectivity index (χ1v) is 5.04. The molecule has 2 rings (SSSR count). The van der Waals surface area contributed by atoms with E-state index in [0.717, 1.165) is 4.90 Å². The van der Waals surface area contributed by atoms with Crippen molar-refractivity contribution < 1.29 is 19.5 Å². The number of rotatable bonds is 3. The third-order valence-corrected chi connectivity index (χ3v) is 3.24. The molecule has 1 atom stereocenters. The molecule has 0 bridgehead atoms. The van der Waals surface area contributed by atoms with Gasteiger partial charge in [-0.2, -0.15) is 0 Å². The maximum Gasteiger partial charge on any atom is 0.311 e. The highest BCUT2D eigenvalue weighted by molar-refractivity contribution is 6.03. The second-order valence-electron chi connectivity index (χ2n) is 4.51. The molecule has 2 aliphatic rings. The number of aliphatic carboxylic acids is 1. The normalized spacial score (nSPS) is 28.3.